The average Bonchev–Trinajstić information content (AvgIpc) is 3.62. The summed E-state index contributed by atoms with van der Waals surface area (Å²) in [4.78, 5) is 33.7. The number of alkyl halides is 3. The Bertz CT molecular complexity index is 1560. The summed E-state index contributed by atoms with van der Waals surface area (Å²) in [5.74, 6) is 0.517. The van der Waals surface area contributed by atoms with E-state index in [1.54, 1.807) is 18.2 Å². The molecule has 0 aliphatic heterocycles. The minimum absolute atomic E-state index is 0.0483. The number of ether oxygens (including phenoxy) is 1. The summed E-state index contributed by atoms with van der Waals surface area (Å²) < 4.78 is 45.1. The summed E-state index contributed by atoms with van der Waals surface area (Å²) in [5.41, 5.74) is -0.444. The number of urea groups is 1. The van der Waals surface area contributed by atoms with Crippen molar-refractivity contribution in [2.45, 2.75) is 19.0 Å². The number of anilines is 3. The van der Waals surface area contributed by atoms with Crippen molar-refractivity contribution in [2.75, 3.05) is 16.0 Å². The first-order valence-electron chi connectivity index (χ1n) is 11.1. The van der Waals surface area contributed by atoms with Gasteiger partial charge in [-0.05, 0) is 49.2 Å². The number of pyridine rings is 1. The highest BCUT2D eigenvalue weighted by Crippen LogP contribution is 2.37. The molecule has 2 aromatic heterocycles. The second-order valence-electron chi connectivity index (χ2n) is 8.27. The molecule has 4 aromatic rings. The number of thiazole rings is 1. The van der Waals surface area contributed by atoms with E-state index in [2.05, 4.69) is 25.9 Å². The molecule has 8 nitrogen and oxygen atoms in total. The molecule has 0 radical (unpaired) electrons. The van der Waals surface area contributed by atoms with Crippen LogP contribution in [0, 0.1) is 5.92 Å². The van der Waals surface area contributed by atoms with Gasteiger partial charge in [0.15, 0.2) is 5.13 Å². The Morgan fingerprint density at radius 3 is 2.45 bits per heavy atom. The van der Waals surface area contributed by atoms with E-state index in [4.69, 9.17) is 27.9 Å². The minimum Gasteiger partial charge on any atom is -0.439 e. The van der Waals surface area contributed by atoms with E-state index < -0.39 is 22.8 Å². The second-order valence-corrected chi connectivity index (χ2v) is 10.1. The molecule has 3 N–H and O–H groups in total. The van der Waals surface area contributed by atoms with Crippen molar-refractivity contribution in [3.8, 4) is 11.6 Å². The monoisotopic (exact) mass is 581 g/mol. The number of halogens is 5. The fourth-order valence-corrected chi connectivity index (χ4v) is 4.57. The first-order chi connectivity index (χ1) is 18.0. The van der Waals surface area contributed by atoms with Crippen LogP contribution in [-0.4, -0.2) is 21.9 Å². The number of hydrogen-bond donors (Lipinski definition) is 3. The normalized spacial score (nSPS) is 13.3. The van der Waals surface area contributed by atoms with Crippen LogP contribution in [0.25, 0.3) is 10.3 Å². The SMILES string of the molecule is O=C(Nc1ccc(Cl)c(C(F)(F)F)c1)Nc1cc(Oc2ccc3nc(NC(=O)C4CC4)sc3n2)ccc1Cl. The zero-order valence-electron chi connectivity index (χ0n) is 19.0. The van der Waals surface area contributed by atoms with Crippen LogP contribution in [-0.2, 0) is 11.0 Å². The molecule has 2 heterocycles. The number of carbonyl (C=O) groups excluding carboxylic acids is 2. The quantitative estimate of drug-likeness (QED) is 0.215. The van der Waals surface area contributed by atoms with Crippen molar-refractivity contribution in [2.24, 2.45) is 5.92 Å². The van der Waals surface area contributed by atoms with Crippen LogP contribution in [0.3, 0.4) is 0 Å². The Morgan fingerprint density at radius 1 is 0.947 bits per heavy atom. The van der Waals surface area contributed by atoms with Gasteiger partial charge in [-0.2, -0.15) is 13.2 Å². The van der Waals surface area contributed by atoms with Crippen molar-refractivity contribution < 1.29 is 27.5 Å². The Labute approximate surface area is 227 Å². The van der Waals surface area contributed by atoms with Crippen LogP contribution in [0.1, 0.15) is 18.4 Å². The van der Waals surface area contributed by atoms with Crippen molar-refractivity contribution in [1.29, 1.82) is 0 Å². The predicted octanol–water partition coefficient (Wildman–Crippen LogP) is 7.80. The van der Waals surface area contributed by atoms with E-state index in [0.717, 1.165) is 25.0 Å². The maximum Gasteiger partial charge on any atom is 0.417 e. The highest BCUT2D eigenvalue weighted by molar-refractivity contribution is 7.21. The summed E-state index contributed by atoms with van der Waals surface area (Å²) >= 11 is 13.0. The first-order valence-corrected chi connectivity index (χ1v) is 12.6. The average molecular weight is 582 g/mol. The lowest BCUT2D eigenvalue weighted by Crippen LogP contribution is -2.20. The Morgan fingerprint density at radius 2 is 1.71 bits per heavy atom. The van der Waals surface area contributed by atoms with Gasteiger partial charge in [-0.25, -0.2) is 14.8 Å². The number of benzene rings is 2. The van der Waals surface area contributed by atoms with Gasteiger partial charge in [0.2, 0.25) is 11.8 Å². The summed E-state index contributed by atoms with van der Waals surface area (Å²) in [6.07, 6.45) is -2.91. The molecule has 0 atom stereocenters. The van der Waals surface area contributed by atoms with Crippen molar-refractivity contribution in [3.05, 3.63) is 64.1 Å². The van der Waals surface area contributed by atoms with Crippen LogP contribution in [0.2, 0.25) is 10.0 Å². The Hall–Kier alpha value is -3.61. The van der Waals surface area contributed by atoms with Crippen LogP contribution < -0.4 is 20.7 Å². The second kappa shape index (κ2) is 10.3. The molecule has 0 bridgehead atoms. The lowest BCUT2D eigenvalue weighted by molar-refractivity contribution is -0.137. The zero-order chi connectivity index (χ0) is 27.0. The van der Waals surface area contributed by atoms with E-state index >= 15 is 0 Å². The molecule has 14 heteroatoms. The molecule has 0 unspecified atom stereocenters. The molecular weight excluding hydrogens is 566 g/mol. The van der Waals surface area contributed by atoms with E-state index in [0.29, 0.717) is 15.5 Å². The number of rotatable bonds is 6. The third-order valence-corrected chi connectivity index (χ3v) is 6.89. The van der Waals surface area contributed by atoms with Crippen LogP contribution in [0.4, 0.5) is 34.5 Å². The predicted molar refractivity (Wildman–Crippen MR) is 139 cm³/mol. The number of nitrogens with one attached hydrogen (secondary N) is 3. The minimum atomic E-state index is -4.68. The van der Waals surface area contributed by atoms with E-state index in [-0.39, 0.29) is 39.9 Å². The fraction of sp³-hybridized carbons (Fsp3) is 0.167. The summed E-state index contributed by atoms with van der Waals surface area (Å²) in [6, 6.07) is 9.95. The van der Waals surface area contributed by atoms with Crippen LogP contribution >= 0.6 is 34.5 Å². The Kier molecular flexibility index (Phi) is 7.03. The van der Waals surface area contributed by atoms with Gasteiger partial charge in [0.25, 0.3) is 0 Å². The third-order valence-electron chi connectivity index (χ3n) is 5.35. The van der Waals surface area contributed by atoms with Gasteiger partial charge in [0, 0.05) is 23.7 Å². The van der Waals surface area contributed by atoms with E-state index in [9.17, 15) is 22.8 Å². The zero-order valence-corrected chi connectivity index (χ0v) is 21.4. The van der Waals surface area contributed by atoms with Gasteiger partial charge in [0.1, 0.15) is 16.1 Å². The van der Waals surface area contributed by atoms with Crippen LogP contribution in [0.5, 0.6) is 11.6 Å². The van der Waals surface area contributed by atoms with Gasteiger partial charge < -0.3 is 20.7 Å². The molecule has 196 valence electrons. The van der Waals surface area contributed by atoms with Gasteiger partial charge in [-0.1, -0.05) is 34.5 Å². The highest BCUT2D eigenvalue weighted by atomic mass is 35.5. The standard InChI is InChI=1S/C24H16Cl2F3N5O3S/c25-15-5-3-12(9-14(15)24(27,28)29)30-22(36)31-18-10-13(4-6-16(18)26)37-19-8-7-17-21(33-19)38-23(32-17)34-20(35)11-1-2-11/h3-11H,1-2H2,(H2,30,31,36)(H,32,34,35). The van der Waals surface area contributed by atoms with E-state index in [1.165, 1.54) is 29.5 Å². The molecular formula is C24H16Cl2F3N5O3S. The van der Waals surface area contributed by atoms with Gasteiger partial charge in [0.05, 0.1) is 21.3 Å². The first kappa shape index (κ1) is 26.0. The lowest BCUT2D eigenvalue weighted by Gasteiger charge is -2.13. The van der Waals surface area contributed by atoms with Crippen molar-refractivity contribution >= 4 is 73.3 Å². The summed E-state index contributed by atoms with van der Waals surface area (Å²) in [6.45, 7) is 0. The summed E-state index contributed by atoms with van der Waals surface area (Å²) in [5, 5.41) is 7.72. The number of amides is 3. The molecule has 2 aromatic carbocycles. The number of aromatic nitrogens is 2. The molecule has 1 aliphatic carbocycles. The van der Waals surface area contributed by atoms with Crippen LogP contribution in [0.15, 0.2) is 48.5 Å². The molecule has 1 aliphatic rings. The molecule has 1 saturated carbocycles. The van der Waals surface area contributed by atoms with Gasteiger partial charge in [-0.15, -0.1) is 0 Å². The smallest absolute Gasteiger partial charge is 0.417 e. The number of carbonyl (C=O) groups is 2. The fourth-order valence-electron chi connectivity index (χ4n) is 3.35. The molecule has 38 heavy (non-hydrogen) atoms. The van der Waals surface area contributed by atoms with Crippen molar-refractivity contribution in [3.63, 3.8) is 0 Å². The third kappa shape index (κ3) is 6.09. The van der Waals surface area contributed by atoms with Gasteiger partial charge in [-0.3, -0.25) is 4.79 Å². The summed E-state index contributed by atoms with van der Waals surface area (Å²) in [7, 11) is 0. The molecule has 3 amide bonds. The van der Waals surface area contributed by atoms with Gasteiger partial charge >= 0.3 is 12.2 Å². The maximum absolute atomic E-state index is 13.1. The molecule has 1 fully saturated rings. The largest absolute Gasteiger partial charge is 0.439 e. The Balaban J connectivity index is 1.27. The number of fused-ring (bicyclic) bond motifs is 1. The topological polar surface area (TPSA) is 105 Å². The molecule has 0 saturated heterocycles. The molecule has 0 spiro atoms. The molecule has 5 rings (SSSR count). The van der Waals surface area contributed by atoms with Crippen molar-refractivity contribution in [1.82, 2.24) is 9.97 Å². The van der Waals surface area contributed by atoms with E-state index in [1.807, 2.05) is 0 Å². The number of nitrogens with zero attached hydrogens (tertiary/aromatic N) is 2. The highest BCUT2D eigenvalue weighted by Gasteiger charge is 2.33. The lowest BCUT2D eigenvalue weighted by atomic mass is 10.2. The maximum atomic E-state index is 13.1. The number of hydrogen-bond acceptors (Lipinski definition) is 6.